The Balaban J connectivity index is 1.82. The summed E-state index contributed by atoms with van der Waals surface area (Å²) in [7, 11) is 0. The monoisotopic (exact) mass is 287 g/mol. The highest BCUT2D eigenvalue weighted by Crippen LogP contribution is 2.16. The van der Waals surface area contributed by atoms with Gasteiger partial charge >= 0.3 is 0 Å². The molecule has 0 saturated carbocycles. The minimum absolute atomic E-state index is 0.195. The fourth-order valence-electron chi connectivity index (χ4n) is 2.40. The fourth-order valence-corrected chi connectivity index (χ4v) is 2.40. The molecule has 0 amide bonds. The second-order valence-electron chi connectivity index (χ2n) is 5.55. The lowest BCUT2D eigenvalue weighted by molar-refractivity contribution is 0.455. The van der Waals surface area contributed by atoms with Gasteiger partial charge in [-0.15, -0.1) is 0 Å². The fraction of sp³-hybridized carbons (Fsp3) is 0.333. The number of nitrogens with one attached hydrogen (secondary N) is 1. The summed E-state index contributed by atoms with van der Waals surface area (Å²) >= 11 is 0. The third-order valence-electron chi connectivity index (χ3n) is 3.71. The van der Waals surface area contributed by atoms with Crippen molar-refractivity contribution >= 4 is 0 Å². The summed E-state index contributed by atoms with van der Waals surface area (Å²) in [4.78, 5) is 0. The van der Waals surface area contributed by atoms with Gasteiger partial charge in [-0.05, 0) is 62.1 Å². The predicted octanol–water partition coefficient (Wildman–Crippen LogP) is 4.20. The van der Waals surface area contributed by atoms with Crippen molar-refractivity contribution in [1.82, 2.24) is 5.32 Å². The second-order valence-corrected chi connectivity index (χ2v) is 5.55. The molecule has 0 spiro atoms. The van der Waals surface area contributed by atoms with Gasteiger partial charge in [0.1, 0.15) is 11.6 Å². The highest BCUT2D eigenvalue weighted by atomic mass is 19.1. The lowest BCUT2D eigenvalue weighted by Crippen LogP contribution is -2.29. The predicted molar refractivity (Wildman–Crippen MR) is 83.8 cm³/mol. The molecule has 112 valence electrons. The molecular formula is C18H22FNO. The van der Waals surface area contributed by atoms with Gasteiger partial charge in [-0.1, -0.05) is 24.3 Å². The normalized spacial score (nSPS) is 13.9. The maximum Gasteiger partial charge on any atom is 0.123 e. The number of aryl methyl sites for hydroxylation is 1. The molecule has 0 aromatic heterocycles. The number of phenolic OH excluding ortho intramolecular Hbond substituents is 1. The minimum Gasteiger partial charge on any atom is -0.508 e. The molecule has 0 bridgehead atoms. The molecule has 1 unspecified atom stereocenters. The third kappa shape index (κ3) is 4.87. The Bertz CT molecular complexity index is 550. The van der Waals surface area contributed by atoms with E-state index in [1.165, 1.54) is 17.7 Å². The summed E-state index contributed by atoms with van der Waals surface area (Å²) in [5.41, 5.74) is 2.31. The molecule has 3 heteroatoms. The Morgan fingerprint density at radius 1 is 1.00 bits per heavy atom. The molecular weight excluding hydrogens is 265 g/mol. The smallest absolute Gasteiger partial charge is 0.123 e. The molecule has 2 N–H and O–H groups in total. The molecule has 0 radical (unpaired) electrons. The van der Waals surface area contributed by atoms with Crippen molar-refractivity contribution in [2.45, 2.75) is 38.8 Å². The van der Waals surface area contributed by atoms with Crippen molar-refractivity contribution in [3.63, 3.8) is 0 Å². The zero-order valence-corrected chi connectivity index (χ0v) is 12.5. The first-order valence-corrected chi connectivity index (χ1v) is 7.34. The maximum absolute atomic E-state index is 12.9. The van der Waals surface area contributed by atoms with E-state index in [0.29, 0.717) is 11.8 Å². The molecule has 0 aliphatic rings. The van der Waals surface area contributed by atoms with Gasteiger partial charge in [-0.25, -0.2) is 4.39 Å². The van der Waals surface area contributed by atoms with Crippen molar-refractivity contribution in [3.05, 3.63) is 65.5 Å². The van der Waals surface area contributed by atoms with E-state index in [-0.39, 0.29) is 11.9 Å². The summed E-state index contributed by atoms with van der Waals surface area (Å²) in [6.45, 7) is 4.24. The number of aromatic hydroxyl groups is 1. The molecule has 2 nitrogen and oxygen atoms in total. The van der Waals surface area contributed by atoms with Gasteiger partial charge < -0.3 is 10.4 Å². The first kappa shape index (κ1) is 15.5. The minimum atomic E-state index is -0.202. The first-order chi connectivity index (χ1) is 10.0. The Kier molecular flexibility index (Phi) is 5.34. The molecule has 2 rings (SSSR count). The van der Waals surface area contributed by atoms with E-state index in [2.05, 4.69) is 19.2 Å². The molecule has 0 saturated heterocycles. The van der Waals surface area contributed by atoms with Gasteiger partial charge in [0.25, 0.3) is 0 Å². The van der Waals surface area contributed by atoms with E-state index >= 15 is 0 Å². The van der Waals surface area contributed by atoms with E-state index in [1.54, 1.807) is 12.1 Å². The lowest BCUT2D eigenvalue weighted by Gasteiger charge is -2.20. The molecule has 21 heavy (non-hydrogen) atoms. The van der Waals surface area contributed by atoms with Crippen LogP contribution in [-0.2, 0) is 6.42 Å². The van der Waals surface area contributed by atoms with Crippen LogP contribution in [0.3, 0.4) is 0 Å². The van der Waals surface area contributed by atoms with Crippen LogP contribution in [0.5, 0.6) is 5.75 Å². The van der Waals surface area contributed by atoms with Gasteiger partial charge in [0.2, 0.25) is 0 Å². The van der Waals surface area contributed by atoms with Crippen LogP contribution in [0.15, 0.2) is 48.5 Å². The van der Waals surface area contributed by atoms with Crippen LogP contribution >= 0.6 is 0 Å². The average Bonchev–Trinajstić information content (AvgIpc) is 2.47. The Morgan fingerprint density at radius 3 is 2.24 bits per heavy atom. The number of hydrogen-bond acceptors (Lipinski definition) is 2. The zero-order valence-electron chi connectivity index (χ0n) is 12.5. The van der Waals surface area contributed by atoms with Gasteiger partial charge in [0.15, 0.2) is 0 Å². The van der Waals surface area contributed by atoms with Crippen LogP contribution in [0.4, 0.5) is 4.39 Å². The Labute approximate surface area is 125 Å². The van der Waals surface area contributed by atoms with E-state index < -0.39 is 0 Å². The maximum atomic E-state index is 12.9. The quantitative estimate of drug-likeness (QED) is 0.834. The number of hydrogen-bond donors (Lipinski definition) is 2. The van der Waals surface area contributed by atoms with Crippen LogP contribution in [0, 0.1) is 5.82 Å². The standard InChI is InChI=1S/C18H22FNO/c1-13(3-4-15-5-11-18(21)12-6-15)20-14(2)16-7-9-17(19)10-8-16/h5-14,20-21H,3-4H2,1-2H3/t13?,14-/m0/s1. The first-order valence-electron chi connectivity index (χ1n) is 7.34. The number of phenols is 1. The summed E-state index contributed by atoms with van der Waals surface area (Å²) < 4.78 is 12.9. The number of rotatable bonds is 6. The molecule has 2 aromatic carbocycles. The Morgan fingerprint density at radius 2 is 1.62 bits per heavy atom. The van der Waals surface area contributed by atoms with E-state index in [9.17, 15) is 9.50 Å². The van der Waals surface area contributed by atoms with Gasteiger partial charge in [0.05, 0.1) is 0 Å². The van der Waals surface area contributed by atoms with E-state index in [0.717, 1.165) is 18.4 Å². The summed E-state index contributed by atoms with van der Waals surface area (Å²) in [6, 6.07) is 14.5. The molecule has 0 heterocycles. The van der Waals surface area contributed by atoms with Crippen LogP contribution in [0.25, 0.3) is 0 Å². The third-order valence-corrected chi connectivity index (χ3v) is 3.71. The van der Waals surface area contributed by atoms with Gasteiger partial charge in [-0.2, -0.15) is 0 Å². The Hall–Kier alpha value is -1.87. The lowest BCUT2D eigenvalue weighted by atomic mass is 10.0. The van der Waals surface area contributed by atoms with Crippen molar-refractivity contribution in [3.8, 4) is 5.75 Å². The highest BCUT2D eigenvalue weighted by molar-refractivity contribution is 5.26. The highest BCUT2D eigenvalue weighted by Gasteiger charge is 2.09. The van der Waals surface area contributed by atoms with Gasteiger partial charge in [0, 0.05) is 12.1 Å². The van der Waals surface area contributed by atoms with Crippen molar-refractivity contribution in [2.24, 2.45) is 0 Å². The summed E-state index contributed by atoms with van der Waals surface area (Å²) in [6.07, 6.45) is 1.97. The average molecular weight is 287 g/mol. The largest absolute Gasteiger partial charge is 0.508 e. The summed E-state index contributed by atoms with van der Waals surface area (Å²) in [5.74, 6) is 0.0983. The van der Waals surface area contributed by atoms with E-state index in [4.69, 9.17) is 0 Å². The van der Waals surface area contributed by atoms with E-state index in [1.807, 2.05) is 24.3 Å². The number of benzene rings is 2. The van der Waals surface area contributed by atoms with Gasteiger partial charge in [-0.3, -0.25) is 0 Å². The van der Waals surface area contributed by atoms with Crippen LogP contribution in [-0.4, -0.2) is 11.1 Å². The topological polar surface area (TPSA) is 32.3 Å². The SMILES string of the molecule is CC(CCc1ccc(O)cc1)N[C@@H](C)c1ccc(F)cc1. The van der Waals surface area contributed by atoms with Crippen LogP contribution < -0.4 is 5.32 Å². The molecule has 0 fully saturated rings. The van der Waals surface area contributed by atoms with Crippen molar-refractivity contribution in [2.75, 3.05) is 0 Å². The van der Waals surface area contributed by atoms with Crippen LogP contribution in [0.1, 0.15) is 37.4 Å². The molecule has 0 aliphatic carbocycles. The zero-order chi connectivity index (χ0) is 15.2. The van der Waals surface area contributed by atoms with Crippen molar-refractivity contribution < 1.29 is 9.50 Å². The molecule has 0 aliphatic heterocycles. The van der Waals surface area contributed by atoms with Crippen molar-refractivity contribution in [1.29, 1.82) is 0 Å². The number of halogens is 1. The van der Waals surface area contributed by atoms with Crippen LogP contribution in [0.2, 0.25) is 0 Å². The molecule has 2 atom stereocenters. The second kappa shape index (κ2) is 7.23. The summed E-state index contributed by atoms with van der Waals surface area (Å²) in [5, 5.41) is 12.8. The molecule has 2 aromatic rings.